The molecule has 22 heavy (non-hydrogen) atoms. The maximum absolute atomic E-state index is 13.0. The monoisotopic (exact) mass is 306 g/mol. The molecular formula is C17H23FN2O2. The lowest BCUT2D eigenvalue weighted by Crippen LogP contribution is -2.37. The van der Waals surface area contributed by atoms with Crippen molar-refractivity contribution >= 4 is 11.6 Å². The zero-order valence-electron chi connectivity index (χ0n) is 12.8. The molecule has 0 unspecified atom stereocenters. The highest BCUT2D eigenvalue weighted by atomic mass is 19.1. The van der Waals surface area contributed by atoms with Crippen LogP contribution in [0.25, 0.3) is 0 Å². The minimum Gasteiger partial charge on any atom is -0.381 e. The fraction of sp³-hybridized carbons (Fsp3) is 0.588. The molecule has 1 amide bonds. The Balaban J connectivity index is 1.44. The second-order valence-corrected chi connectivity index (χ2v) is 6.21. The third kappa shape index (κ3) is 3.77. The van der Waals surface area contributed by atoms with E-state index in [1.807, 2.05) is 12.1 Å². The Hall–Kier alpha value is -1.62. The van der Waals surface area contributed by atoms with E-state index in [1.165, 1.54) is 12.1 Å². The second kappa shape index (κ2) is 7.09. The van der Waals surface area contributed by atoms with E-state index in [0.717, 1.165) is 44.6 Å². The van der Waals surface area contributed by atoms with E-state index in [4.69, 9.17) is 4.74 Å². The number of nitrogens with one attached hydrogen (secondary N) is 1. The maximum Gasteiger partial charge on any atom is 0.223 e. The molecule has 1 atom stereocenters. The zero-order chi connectivity index (χ0) is 15.4. The fourth-order valence-electron chi connectivity index (χ4n) is 3.23. The highest BCUT2D eigenvalue weighted by molar-refractivity contribution is 5.78. The summed E-state index contributed by atoms with van der Waals surface area (Å²) in [7, 11) is 0. The van der Waals surface area contributed by atoms with Crippen molar-refractivity contribution < 1.29 is 13.9 Å². The van der Waals surface area contributed by atoms with Gasteiger partial charge < -0.3 is 15.0 Å². The van der Waals surface area contributed by atoms with Gasteiger partial charge in [-0.05, 0) is 49.4 Å². The number of ether oxygens (including phenoxy) is 1. The van der Waals surface area contributed by atoms with Crippen LogP contribution >= 0.6 is 0 Å². The van der Waals surface area contributed by atoms with Crippen molar-refractivity contribution in [1.82, 2.24) is 5.32 Å². The number of hydrogen-bond donors (Lipinski definition) is 1. The van der Waals surface area contributed by atoms with Gasteiger partial charge >= 0.3 is 0 Å². The molecule has 3 rings (SSSR count). The quantitative estimate of drug-likeness (QED) is 0.927. The SMILES string of the molecule is O=C(NC[C@H]1CCN(c2ccc(F)cc2)C1)C1CCOCC1. The summed E-state index contributed by atoms with van der Waals surface area (Å²) in [6, 6.07) is 6.63. The number of carbonyl (C=O) groups excluding carboxylic acids is 1. The summed E-state index contributed by atoms with van der Waals surface area (Å²) in [6.45, 7) is 4.00. The van der Waals surface area contributed by atoms with Crippen molar-refractivity contribution in [3.05, 3.63) is 30.1 Å². The number of rotatable bonds is 4. The molecule has 0 spiro atoms. The lowest BCUT2D eigenvalue weighted by atomic mass is 9.99. The highest BCUT2D eigenvalue weighted by Crippen LogP contribution is 2.24. The Bertz CT molecular complexity index is 500. The number of carbonyl (C=O) groups is 1. The number of amides is 1. The largest absolute Gasteiger partial charge is 0.381 e. The Kier molecular flexibility index (Phi) is 4.93. The molecule has 0 radical (unpaired) electrons. The first-order chi connectivity index (χ1) is 10.7. The van der Waals surface area contributed by atoms with Crippen LogP contribution in [0.5, 0.6) is 0 Å². The summed E-state index contributed by atoms with van der Waals surface area (Å²) >= 11 is 0. The molecule has 5 heteroatoms. The predicted octanol–water partition coefficient (Wildman–Crippen LogP) is 2.19. The van der Waals surface area contributed by atoms with E-state index in [2.05, 4.69) is 10.2 Å². The van der Waals surface area contributed by atoms with E-state index in [1.54, 1.807) is 0 Å². The van der Waals surface area contributed by atoms with Gasteiger partial charge in [-0.3, -0.25) is 4.79 Å². The van der Waals surface area contributed by atoms with E-state index >= 15 is 0 Å². The first-order valence-corrected chi connectivity index (χ1v) is 8.08. The standard InChI is InChI=1S/C17H23FN2O2/c18-15-1-3-16(4-2-15)20-8-5-13(12-20)11-19-17(21)14-6-9-22-10-7-14/h1-4,13-14H,5-12H2,(H,19,21)/t13-/m1/s1. The van der Waals surface area contributed by atoms with Crippen LogP contribution in [-0.4, -0.2) is 38.8 Å². The molecular weight excluding hydrogens is 283 g/mol. The number of hydrogen-bond acceptors (Lipinski definition) is 3. The Morgan fingerprint density at radius 1 is 1.23 bits per heavy atom. The zero-order valence-corrected chi connectivity index (χ0v) is 12.8. The lowest BCUT2D eigenvalue weighted by molar-refractivity contribution is -0.128. The summed E-state index contributed by atoms with van der Waals surface area (Å²) in [5.41, 5.74) is 1.06. The summed E-state index contributed by atoms with van der Waals surface area (Å²) < 4.78 is 18.2. The maximum atomic E-state index is 13.0. The van der Waals surface area contributed by atoms with Gasteiger partial charge in [-0.15, -0.1) is 0 Å². The van der Waals surface area contributed by atoms with E-state index < -0.39 is 0 Å². The Morgan fingerprint density at radius 2 is 1.95 bits per heavy atom. The highest BCUT2D eigenvalue weighted by Gasteiger charge is 2.25. The van der Waals surface area contributed by atoms with Gasteiger partial charge in [0.05, 0.1) is 0 Å². The number of benzene rings is 1. The summed E-state index contributed by atoms with van der Waals surface area (Å²) in [5.74, 6) is 0.545. The molecule has 2 saturated heterocycles. The average molecular weight is 306 g/mol. The van der Waals surface area contributed by atoms with Crippen LogP contribution in [0.3, 0.4) is 0 Å². The van der Waals surface area contributed by atoms with Crippen molar-refractivity contribution in [2.45, 2.75) is 19.3 Å². The lowest BCUT2D eigenvalue weighted by Gasteiger charge is -2.22. The summed E-state index contributed by atoms with van der Waals surface area (Å²) in [6.07, 6.45) is 2.72. The third-order valence-electron chi connectivity index (χ3n) is 4.63. The van der Waals surface area contributed by atoms with Crippen molar-refractivity contribution in [1.29, 1.82) is 0 Å². The van der Waals surface area contributed by atoms with Crippen LogP contribution in [0.2, 0.25) is 0 Å². The minimum atomic E-state index is -0.205. The summed E-state index contributed by atoms with van der Waals surface area (Å²) in [5, 5.41) is 3.09. The second-order valence-electron chi connectivity index (χ2n) is 6.21. The molecule has 2 aliphatic rings. The molecule has 2 aliphatic heterocycles. The predicted molar refractivity (Wildman–Crippen MR) is 83.3 cm³/mol. The van der Waals surface area contributed by atoms with Crippen LogP contribution in [0.1, 0.15) is 19.3 Å². The van der Waals surface area contributed by atoms with E-state index in [0.29, 0.717) is 19.1 Å². The molecule has 0 aliphatic carbocycles. The first kappa shape index (κ1) is 15.3. The smallest absolute Gasteiger partial charge is 0.223 e. The number of nitrogens with zero attached hydrogens (tertiary/aromatic N) is 1. The fourth-order valence-corrected chi connectivity index (χ4v) is 3.23. The van der Waals surface area contributed by atoms with E-state index in [9.17, 15) is 9.18 Å². The van der Waals surface area contributed by atoms with Crippen molar-refractivity contribution in [2.75, 3.05) is 37.7 Å². The van der Waals surface area contributed by atoms with Gasteiger partial charge in [-0.25, -0.2) is 4.39 Å². The summed E-state index contributed by atoms with van der Waals surface area (Å²) in [4.78, 5) is 14.4. The molecule has 120 valence electrons. The van der Waals surface area contributed by atoms with Gasteiger partial charge in [-0.2, -0.15) is 0 Å². The number of anilines is 1. The molecule has 2 heterocycles. The van der Waals surface area contributed by atoms with Gasteiger partial charge in [0.15, 0.2) is 0 Å². The van der Waals surface area contributed by atoms with Crippen molar-refractivity contribution in [3.63, 3.8) is 0 Å². The van der Waals surface area contributed by atoms with Gasteiger partial charge in [0, 0.05) is 44.5 Å². The molecule has 1 aromatic rings. The molecule has 0 aromatic heterocycles. The van der Waals surface area contributed by atoms with Crippen LogP contribution in [0.4, 0.5) is 10.1 Å². The Labute approximate surface area is 130 Å². The van der Waals surface area contributed by atoms with E-state index in [-0.39, 0.29) is 17.6 Å². The van der Waals surface area contributed by atoms with Gasteiger partial charge in [0.2, 0.25) is 5.91 Å². The third-order valence-corrected chi connectivity index (χ3v) is 4.63. The molecule has 0 bridgehead atoms. The molecule has 2 fully saturated rings. The molecule has 1 aromatic carbocycles. The Morgan fingerprint density at radius 3 is 2.68 bits per heavy atom. The van der Waals surface area contributed by atoms with Crippen LogP contribution < -0.4 is 10.2 Å². The first-order valence-electron chi connectivity index (χ1n) is 8.08. The van der Waals surface area contributed by atoms with Gasteiger partial charge in [0.25, 0.3) is 0 Å². The normalized spacial score (nSPS) is 22.8. The van der Waals surface area contributed by atoms with Crippen molar-refractivity contribution in [2.24, 2.45) is 11.8 Å². The topological polar surface area (TPSA) is 41.6 Å². The molecule has 0 saturated carbocycles. The van der Waals surface area contributed by atoms with Gasteiger partial charge in [-0.1, -0.05) is 0 Å². The average Bonchev–Trinajstić information content (AvgIpc) is 3.03. The minimum absolute atomic E-state index is 0.114. The molecule has 4 nitrogen and oxygen atoms in total. The number of halogens is 1. The van der Waals surface area contributed by atoms with Crippen LogP contribution in [-0.2, 0) is 9.53 Å². The van der Waals surface area contributed by atoms with Crippen LogP contribution in [0.15, 0.2) is 24.3 Å². The van der Waals surface area contributed by atoms with Crippen LogP contribution in [0, 0.1) is 17.7 Å². The van der Waals surface area contributed by atoms with Crippen molar-refractivity contribution in [3.8, 4) is 0 Å². The molecule has 1 N–H and O–H groups in total. The van der Waals surface area contributed by atoms with Gasteiger partial charge in [0.1, 0.15) is 5.82 Å².